The maximum absolute atomic E-state index is 10.6. The number of hydrogen-bond donors (Lipinski definition) is 3. The zero-order valence-corrected chi connectivity index (χ0v) is 8.28. The molecule has 0 amide bonds. The van der Waals surface area contributed by atoms with E-state index in [1.165, 1.54) is 4.57 Å². The van der Waals surface area contributed by atoms with E-state index in [9.17, 15) is 4.79 Å². The number of carboxylic acid groups (broad SMARTS) is 1. The van der Waals surface area contributed by atoms with Gasteiger partial charge in [0.1, 0.15) is 12.2 Å². The highest BCUT2D eigenvalue weighted by Crippen LogP contribution is 2.12. The van der Waals surface area contributed by atoms with Crippen molar-refractivity contribution < 1.29 is 9.90 Å². The minimum atomic E-state index is -0.978. The zero-order chi connectivity index (χ0) is 10.8. The van der Waals surface area contributed by atoms with E-state index in [4.69, 9.17) is 17.3 Å². The first-order valence-corrected chi connectivity index (χ1v) is 4.46. The third-order valence-corrected chi connectivity index (χ3v) is 2.10. The van der Waals surface area contributed by atoms with Gasteiger partial charge >= 0.3 is 5.97 Å². The van der Waals surface area contributed by atoms with Gasteiger partial charge in [-0.2, -0.15) is 10.2 Å². The molecule has 3 N–H and O–H groups in total. The van der Waals surface area contributed by atoms with Gasteiger partial charge in [-0.15, -0.1) is 0 Å². The first-order chi connectivity index (χ1) is 7.18. The van der Waals surface area contributed by atoms with Gasteiger partial charge in [-0.05, 0) is 18.3 Å². The number of H-pyrrole nitrogens is 2. The van der Waals surface area contributed by atoms with Crippen LogP contribution in [0, 0.1) is 4.77 Å². The standard InChI is InChI=1S/C7H7N5O2S/c13-5(14)3-12-6(10-11-7(12)15)4-1-2-8-9-4/h1-2H,3H2,(H,8,9)(H,11,15)(H,13,14). The van der Waals surface area contributed by atoms with Gasteiger partial charge in [-0.1, -0.05) is 0 Å². The maximum Gasteiger partial charge on any atom is 0.323 e. The zero-order valence-electron chi connectivity index (χ0n) is 7.47. The lowest BCUT2D eigenvalue weighted by molar-refractivity contribution is -0.137. The van der Waals surface area contributed by atoms with Crippen LogP contribution >= 0.6 is 12.2 Å². The fourth-order valence-electron chi connectivity index (χ4n) is 1.19. The van der Waals surface area contributed by atoms with Gasteiger partial charge < -0.3 is 5.11 Å². The Morgan fingerprint density at radius 2 is 2.40 bits per heavy atom. The molecule has 2 heterocycles. The largest absolute Gasteiger partial charge is 0.480 e. The summed E-state index contributed by atoms with van der Waals surface area (Å²) in [7, 11) is 0. The number of carboxylic acids is 1. The third-order valence-electron chi connectivity index (χ3n) is 1.79. The molecular formula is C7H7N5O2S. The van der Waals surface area contributed by atoms with E-state index in [0.29, 0.717) is 11.5 Å². The smallest absolute Gasteiger partial charge is 0.323 e. The third kappa shape index (κ3) is 1.79. The number of hydrogen-bond acceptors (Lipinski definition) is 4. The molecule has 0 aliphatic rings. The monoisotopic (exact) mass is 225 g/mol. The topological polar surface area (TPSA) is 99.6 Å². The van der Waals surface area contributed by atoms with Gasteiger partial charge in [0.2, 0.25) is 0 Å². The van der Waals surface area contributed by atoms with Gasteiger partial charge in [0.05, 0.1) is 0 Å². The Labute approximate surface area is 88.8 Å². The van der Waals surface area contributed by atoms with Crippen molar-refractivity contribution in [3.8, 4) is 11.5 Å². The van der Waals surface area contributed by atoms with Crippen LogP contribution in [0.15, 0.2) is 12.3 Å². The second kappa shape index (κ2) is 3.65. The molecule has 0 radical (unpaired) electrons. The summed E-state index contributed by atoms with van der Waals surface area (Å²) in [6.45, 7) is -0.232. The van der Waals surface area contributed by atoms with Crippen LogP contribution < -0.4 is 0 Å². The Kier molecular flexibility index (Phi) is 2.34. The minimum Gasteiger partial charge on any atom is -0.480 e. The molecule has 0 spiro atoms. The van der Waals surface area contributed by atoms with E-state index in [1.807, 2.05) is 0 Å². The maximum atomic E-state index is 10.6. The van der Waals surface area contributed by atoms with Crippen LogP contribution in [-0.2, 0) is 11.3 Å². The van der Waals surface area contributed by atoms with Crippen molar-refractivity contribution in [2.24, 2.45) is 0 Å². The highest BCUT2D eigenvalue weighted by molar-refractivity contribution is 7.71. The van der Waals surface area contributed by atoms with E-state index in [0.717, 1.165) is 0 Å². The molecule has 0 aliphatic heterocycles. The molecule has 78 valence electrons. The van der Waals surface area contributed by atoms with Crippen LogP contribution in [0.1, 0.15) is 0 Å². The van der Waals surface area contributed by atoms with E-state index >= 15 is 0 Å². The summed E-state index contributed by atoms with van der Waals surface area (Å²) in [4.78, 5) is 10.6. The first-order valence-electron chi connectivity index (χ1n) is 4.05. The average Bonchev–Trinajstić information content (AvgIpc) is 2.76. The van der Waals surface area contributed by atoms with Crippen molar-refractivity contribution in [1.29, 1.82) is 0 Å². The van der Waals surface area contributed by atoms with Crippen molar-refractivity contribution in [3.05, 3.63) is 17.0 Å². The molecule has 0 unspecified atom stereocenters. The average molecular weight is 225 g/mol. The number of aromatic amines is 2. The van der Waals surface area contributed by atoms with Crippen molar-refractivity contribution in [2.75, 3.05) is 0 Å². The Hall–Kier alpha value is -1.96. The van der Waals surface area contributed by atoms with Gasteiger partial charge in [0, 0.05) is 6.20 Å². The predicted molar refractivity (Wildman–Crippen MR) is 52.6 cm³/mol. The van der Waals surface area contributed by atoms with Crippen molar-refractivity contribution in [1.82, 2.24) is 25.0 Å². The molecule has 2 rings (SSSR count). The van der Waals surface area contributed by atoms with Crippen LogP contribution in [0.3, 0.4) is 0 Å². The first kappa shape index (κ1) is 9.59. The summed E-state index contributed by atoms with van der Waals surface area (Å²) in [5.74, 6) is -0.548. The molecule has 15 heavy (non-hydrogen) atoms. The number of carbonyl (C=O) groups is 1. The van der Waals surface area contributed by atoms with Crippen LogP contribution in [-0.4, -0.2) is 36.0 Å². The minimum absolute atomic E-state index is 0.232. The SMILES string of the molecule is O=C(O)Cn1c(-c2ccn[nH]2)n[nH]c1=S. The van der Waals surface area contributed by atoms with Crippen molar-refractivity contribution in [2.45, 2.75) is 6.54 Å². The summed E-state index contributed by atoms with van der Waals surface area (Å²) < 4.78 is 1.65. The van der Waals surface area contributed by atoms with Crippen LogP contribution in [0.5, 0.6) is 0 Å². The predicted octanol–water partition coefficient (Wildman–Crippen LogP) is 0.415. The highest BCUT2D eigenvalue weighted by atomic mass is 32.1. The Morgan fingerprint density at radius 3 is 3.00 bits per heavy atom. The lowest BCUT2D eigenvalue weighted by Gasteiger charge is -2.00. The molecule has 8 heteroatoms. The lowest BCUT2D eigenvalue weighted by atomic mass is 10.4. The second-order valence-corrected chi connectivity index (χ2v) is 3.19. The van der Waals surface area contributed by atoms with Gasteiger partial charge in [-0.25, -0.2) is 0 Å². The van der Waals surface area contributed by atoms with E-state index < -0.39 is 5.97 Å². The van der Waals surface area contributed by atoms with Gasteiger partial charge in [0.25, 0.3) is 0 Å². The quantitative estimate of drug-likeness (QED) is 0.657. The Morgan fingerprint density at radius 1 is 1.60 bits per heavy atom. The van der Waals surface area contributed by atoms with Crippen LogP contribution in [0.25, 0.3) is 11.5 Å². The molecule has 0 saturated carbocycles. The number of nitrogens with one attached hydrogen (secondary N) is 2. The fraction of sp³-hybridized carbons (Fsp3) is 0.143. The number of nitrogens with zero attached hydrogens (tertiary/aromatic N) is 3. The Bertz CT molecular complexity index is 526. The molecule has 0 bridgehead atoms. The highest BCUT2D eigenvalue weighted by Gasteiger charge is 2.11. The van der Waals surface area contributed by atoms with E-state index in [-0.39, 0.29) is 11.3 Å². The fourth-order valence-corrected chi connectivity index (χ4v) is 1.38. The van der Waals surface area contributed by atoms with Crippen LogP contribution in [0.2, 0.25) is 0 Å². The molecule has 0 saturated heterocycles. The van der Waals surface area contributed by atoms with Crippen LogP contribution in [0.4, 0.5) is 0 Å². The van der Waals surface area contributed by atoms with E-state index in [2.05, 4.69) is 20.4 Å². The van der Waals surface area contributed by atoms with Crippen molar-refractivity contribution in [3.63, 3.8) is 0 Å². The van der Waals surface area contributed by atoms with Crippen molar-refractivity contribution >= 4 is 18.2 Å². The summed E-state index contributed by atoms with van der Waals surface area (Å²) in [5.41, 5.74) is 0.614. The Balaban J connectivity index is 2.49. The molecule has 7 nitrogen and oxygen atoms in total. The molecule has 0 aliphatic carbocycles. The van der Waals surface area contributed by atoms with E-state index in [1.54, 1.807) is 12.3 Å². The molecule has 0 atom stereocenters. The number of aliphatic carboxylic acids is 1. The lowest BCUT2D eigenvalue weighted by Crippen LogP contribution is -2.10. The number of rotatable bonds is 3. The second-order valence-electron chi connectivity index (χ2n) is 2.80. The van der Waals surface area contributed by atoms with Gasteiger partial charge in [-0.3, -0.25) is 19.6 Å². The molecule has 0 fully saturated rings. The summed E-state index contributed by atoms with van der Waals surface area (Å²) in [6.07, 6.45) is 1.55. The molecule has 2 aromatic heterocycles. The molecular weight excluding hydrogens is 218 g/mol. The molecule has 0 aromatic carbocycles. The summed E-state index contributed by atoms with van der Waals surface area (Å²) in [5, 5.41) is 21.6. The normalized spacial score (nSPS) is 10.4. The summed E-state index contributed by atoms with van der Waals surface area (Å²) in [6, 6.07) is 1.68. The summed E-state index contributed by atoms with van der Waals surface area (Å²) >= 11 is 4.91. The molecule has 2 aromatic rings. The number of aromatic nitrogens is 5. The van der Waals surface area contributed by atoms with Gasteiger partial charge in [0.15, 0.2) is 10.6 Å².